The molecule has 2 N–H and O–H groups in total. The van der Waals surface area contributed by atoms with Gasteiger partial charge in [0.05, 0.1) is 28.8 Å². The van der Waals surface area contributed by atoms with Crippen molar-refractivity contribution in [2.45, 2.75) is 70.7 Å². The highest BCUT2D eigenvalue weighted by atomic mass is 32.1. The molecule has 1 aliphatic carbocycles. The molecule has 40 heavy (non-hydrogen) atoms. The van der Waals surface area contributed by atoms with Gasteiger partial charge < -0.3 is 15.0 Å². The van der Waals surface area contributed by atoms with E-state index in [0.717, 1.165) is 41.5 Å². The summed E-state index contributed by atoms with van der Waals surface area (Å²) in [6.45, 7) is 6.33. The summed E-state index contributed by atoms with van der Waals surface area (Å²) < 4.78 is 39.4. The van der Waals surface area contributed by atoms with Crippen molar-refractivity contribution in [3.05, 3.63) is 84.7 Å². The molecule has 0 radical (unpaired) electrons. The number of aromatic amines is 1. The summed E-state index contributed by atoms with van der Waals surface area (Å²) >= 11 is 1.60. The van der Waals surface area contributed by atoms with Crippen LogP contribution in [0.3, 0.4) is 0 Å². The number of nitrogens with one attached hydrogen (secondary N) is 1. The molecule has 210 valence electrons. The number of fused-ring (bicyclic) bond motifs is 1. The number of carbonyl (C=O) groups is 1. The predicted molar refractivity (Wildman–Crippen MR) is 146 cm³/mol. The van der Waals surface area contributed by atoms with Crippen molar-refractivity contribution in [1.29, 1.82) is 0 Å². The lowest BCUT2D eigenvalue weighted by molar-refractivity contribution is -0.142. The van der Waals surface area contributed by atoms with Gasteiger partial charge in [0.1, 0.15) is 5.82 Å². The second kappa shape index (κ2) is 10.2. The number of halogens is 3. The van der Waals surface area contributed by atoms with Gasteiger partial charge in [-0.2, -0.15) is 13.2 Å². The molecule has 2 aliphatic rings. The van der Waals surface area contributed by atoms with E-state index in [0.29, 0.717) is 29.9 Å². The lowest BCUT2D eigenvalue weighted by Gasteiger charge is -2.24. The van der Waals surface area contributed by atoms with Crippen LogP contribution in [0.2, 0.25) is 0 Å². The molecule has 1 aromatic carbocycles. The molecule has 3 aromatic rings. The van der Waals surface area contributed by atoms with Crippen LogP contribution < -0.4 is 5.56 Å². The van der Waals surface area contributed by atoms with Gasteiger partial charge in [0.15, 0.2) is 6.10 Å². The molecule has 1 atom stereocenters. The van der Waals surface area contributed by atoms with E-state index in [9.17, 15) is 27.9 Å². The first-order valence-corrected chi connectivity index (χ1v) is 14.0. The van der Waals surface area contributed by atoms with Gasteiger partial charge in [-0.05, 0) is 70.2 Å². The van der Waals surface area contributed by atoms with Crippen molar-refractivity contribution in [1.82, 2.24) is 14.9 Å². The fourth-order valence-electron chi connectivity index (χ4n) is 4.87. The van der Waals surface area contributed by atoms with Crippen LogP contribution in [0.1, 0.15) is 84.8 Å². The second-order valence-corrected chi connectivity index (χ2v) is 12.4. The van der Waals surface area contributed by atoms with Gasteiger partial charge in [0.25, 0.3) is 11.5 Å². The number of hydrogen-bond acceptors (Lipinski definition) is 5. The predicted octanol–water partition coefficient (Wildman–Crippen LogP) is 5.34. The van der Waals surface area contributed by atoms with Gasteiger partial charge in [0, 0.05) is 27.8 Å². The van der Waals surface area contributed by atoms with Crippen LogP contribution in [0.15, 0.2) is 40.5 Å². The Hall–Kier alpha value is -3.42. The van der Waals surface area contributed by atoms with Crippen molar-refractivity contribution in [2.24, 2.45) is 5.41 Å². The number of H-pyrrole nitrogens is 1. The van der Waals surface area contributed by atoms with Crippen LogP contribution in [0.5, 0.6) is 0 Å². The average molecular weight is 570 g/mol. The molecule has 1 unspecified atom stereocenters. The van der Waals surface area contributed by atoms with Gasteiger partial charge in [0.2, 0.25) is 0 Å². The molecular formula is C30H30F3N3O3S. The zero-order valence-corrected chi connectivity index (χ0v) is 23.3. The number of aliphatic hydroxyl groups excluding tert-OH is 1. The van der Waals surface area contributed by atoms with E-state index in [-0.39, 0.29) is 35.0 Å². The summed E-state index contributed by atoms with van der Waals surface area (Å²) in [7, 11) is 0. The minimum atomic E-state index is -4.60. The maximum atomic E-state index is 13.3. The Labute approximate surface area is 234 Å². The van der Waals surface area contributed by atoms with Gasteiger partial charge in [-0.1, -0.05) is 24.0 Å². The lowest BCUT2D eigenvalue weighted by atomic mass is 9.97. The molecule has 5 rings (SSSR count). The zero-order chi connectivity index (χ0) is 28.9. The van der Waals surface area contributed by atoms with Crippen LogP contribution in [-0.4, -0.2) is 32.4 Å². The normalized spacial score (nSPS) is 17.3. The largest absolute Gasteiger partial charge is 0.416 e. The number of hydrogen-bond donors (Lipinski definition) is 2. The second-order valence-electron chi connectivity index (χ2n) is 11.5. The summed E-state index contributed by atoms with van der Waals surface area (Å²) in [6.07, 6.45) is -3.69. The number of benzene rings is 1. The Kier molecular flexibility index (Phi) is 7.17. The summed E-state index contributed by atoms with van der Waals surface area (Å²) in [5.74, 6) is 6.33. The maximum Gasteiger partial charge on any atom is 0.416 e. The van der Waals surface area contributed by atoms with Crippen molar-refractivity contribution >= 4 is 17.2 Å². The summed E-state index contributed by atoms with van der Waals surface area (Å²) in [5, 5.41) is 12.7. The van der Waals surface area contributed by atoms with E-state index in [2.05, 4.69) is 43.7 Å². The molecule has 1 amide bonds. The third-order valence-electron chi connectivity index (χ3n) is 7.22. The molecular weight excluding hydrogens is 539 g/mol. The first-order chi connectivity index (χ1) is 18.8. The lowest BCUT2D eigenvalue weighted by Crippen LogP contribution is -2.36. The van der Waals surface area contributed by atoms with Crippen LogP contribution in [-0.2, 0) is 29.4 Å². The number of amides is 1. The quantitative estimate of drug-likeness (QED) is 0.416. The zero-order valence-electron chi connectivity index (χ0n) is 22.5. The highest BCUT2D eigenvalue weighted by Gasteiger charge is 2.50. The molecule has 2 aromatic heterocycles. The Balaban J connectivity index is 1.38. The number of rotatable bonds is 4. The van der Waals surface area contributed by atoms with Crippen molar-refractivity contribution in [3.63, 3.8) is 0 Å². The maximum absolute atomic E-state index is 13.3. The fraction of sp³-hybridized carbons (Fsp3) is 0.433. The molecule has 1 saturated carbocycles. The van der Waals surface area contributed by atoms with Gasteiger partial charge >= 0.3 is 6.18 Å². The topological polar surface area (TPSA) is 86.3 Å². The number of carbonyl (C=O) groups excluding carboxylic acids is 1. The minimum absolute atomic E-state index is 0.0780. The molecule has 6 nitrogen and oxygen atoms in total. The number of thiophene rings is 1. The van der Waals surface area contributed by atoms with E-state index < -0.39 is 23.8 Å². The van der Waals surface area contributed by atoms with Gasteiger partial charge in [-0.25, -0.2) is 4.98 Å². The molecule has 0 saturated heterocycles. The molecule has 0 bridgehead atoms. The third kappa shape index (κ3) is 5.72. The standard InChI is InChI=1S/C30H30F3N3O3S/c1-28(2,3)10-9-18-14-23(40-17-18)29(11-12-29)27-34-22-8-5-13-36(16-21(22)25(38)35-27)26(39)24(37)19-6-4-7-20(15-19)30(31,32)33/h4,6-7,14-15,17,24,37H,5,8,11-13,16H2,1-3H3,(H,34,35,38). The minimum Gasteiger partial charge on any atom is -0.378 e. The van der Waals surface area contributed by atoms with Crippen molar-refractivity contribution < 1.29 is 23.1 Å². The van der Waals surface area contributed by atoms with E-state index in [1.807, 2.05) is 5.38 Å². The number of aromatic nitrogens is 2. The highest BCUT2D eigenvalue weighted by molar-refractivity contribution is 7.10. The molecule has 0 spiro atoms. The smallest absolute Gasteiger partial charge is 0.378 e. The Morgan fingerprint density at radius 3 is 2.65 bits per heavy atom. The first kappa shape index (κ1) is 28.1. The van der Waals surface area contributed by atoms with Crippen LogP contribution in [0.25, 0.3) is 0 Å². The summed E-state index contributed by atoms with van der Waals surface area (Å²) in [5.41, 5.74) is -0.0218. The monoisotopic (exact) mass is 569 g/mol. The molecule has 3 heterocycles. The van der Waals surface area contributed by atoms with E-state index in [4.69, 9.17) is 4.98 Å². The van der Waals surface area contributed by atoms with Crippen LogP contribution in [0, 0.1) is 17.3 Å². The first-order valence-electron chi connectivity index (χ1n) is 13.2. The number of alkyl halides is 3. The average Bonchev–Trinajstić information content (AvgIpc) is 3.61. The van der Waals surface area contributed by atoms with Crippen LogP contribution in [0.4, 0.5) is 13.2 Å². The summed E-state index contributed by atoms with van der Waals surface area (Å²) in [6, 6.07) is 6.16. The molecule has 1 fully saturated rings. The number of nitrogens with zero attached hydrogens (tertiary/aromatic N) is 2. The van der Waals surface area contributed by atoms with Crippen molar-refractivity contribution in [3.8, 4) is 11.8 Å². The Morgan fingerprint density at radius 2 is 1.98 bits per heavy atom. The number of aryl methyl sites for hydroxylation is 1. The van der Waals surface area contributed by atoms with E-state index in [1.54, 1.807) is 11.3 Å². The third-order valence-corrected chi connectivity index (χ3v) is 8.36. The van der Waals surface area contributed by atoms with Crippen LogP contribution >= 0.6 is 11.3 Å². The fourth-order valence-corrected chi connectivity index (χ4v) is 5.98. The molecule has 1 aliphatic heterocycles. The van der Waals surface area contributed by atoms with Gasteiger partial charge in [-0.15, -0.1) is 11.3 Å². The summed E-state index contributed by atoms with van der Waals surface area (Å²) in [4.78, 5) is 36.6. The Morgan fingerprint density at radius 1 is 1.23 bits per heavy atom. The van der Waals surface area contributed by atoms with Gasteiger partial charge in [-0.3, -0.25) is 9.59 Å². The number of aliphatic hydroxyl groups is 1. The highest BCUT2D eigenvalue weighted by Crippen LogP contribution is 2.54. The Bertz CT molecular complexity index is 1570. The van der Waals surface area contributed by atoms with Crippen molar-refractivity contribution in [2.75, 3.05) is 6.54 Å². The van der Waals surface area contributed by atoms with E-state index in [1.165, 1.54) is 11.0 Å². The van der Waals surface area contributed by atoms with E-state index >= 15 is 0 Å². The molecule has 10 heteroatoms. The SMILES string of the molecule is CC(C)(C)C#Cc1csc(C2(c3nc4c(c(=O)[nH]3)CN(C(=O)C(O)c3cccc(C(F)(F)F)c3)CCC4)CC2)c1.